The second-order valence-electron chi connectivity index (χ2n) is 6.40. The van der Waals surface area contributed by atoms with Gasteiger partial charge in [-0.05, 0) is 41.1 Å². The summed E-state index contributed by atoms with van der Waals surface area (Å²) < 4.78 is 12.4. The molecule has 0 aliphatic carbocycles. The van der Waals surface area contributed by atoms with E-state index in [1.54, 1.807) is 30.8 Å². The van der Waals surface area contributed by atoms with Crippen molar-refractivity contribution in [3.63, 3.8) is 0 Å². The van der Waals surface area contributed by atoms with E-state index in [0.29, 0.717) is 17.5 Å². The number of carbonyl (C=O) groups excluding carboxylic acids is 1. The Morgan fingerprint density at radius 1 is 1.14 bits per heavy atom. The van der Waals surface area contributed by atoms with Gasteiger partial charge in [-0.25, -0.2) is 0 Å². The number of hydrogen-bond acceptors (Lipinski definition) is 7. The lowest BCUT2D eigenvalue weighted by atomic mass is 10.2. The second kappa shape index (κ2) is 9.42. The molecule has 2 aromatic carbocycles. The molecule has 0 saturated heterocycles. The Kier molecular flexibility index (Phi) is 6.71. The van der Waals surface area contributed by atoms with Crippen LogP contribution in [0.3, 0.4) is 0 Å². The van der Waals surface area contributed by atoms with E-state index < -0.39 is 0 Å². The summed E-state index contributed by atoms with van der Waals surface area (Å²) in [6, 6.07) is 13.4. The highest BCUT2D eigenvalue weighted by Crippen LogP contribution is 2.27. The van der Waals surface area contributed by atoms with Crippen molar-refractivity contribution in [1.82, 2.24) is 25.1 Å². The molecule has 0 aliphatic rings. The molecule has 1 aromatic heterocycles. The number of benzene rings is 2. The zero-order chi connectivity index (χ0) is 20.8. The molecule has 1 amide bonds. The quantitative estimate of drug-likeness (QED) is 0.525. The van der Waals surface area contributed by atoms with Crippen molar-refractivity contribution in [3.8, 4) is 17.2 Å². The van der Waals surface area contributed by atoms with Crippen LogP contribution in [0.15, 0.2) is 47.6 Å². The van der Waals surface area contributed by atoms with E-state index in [4.69, 9.17) is 9.47 Å². The Labute approximate surface area is 173 Å². The van der Waals surface area contributed by atoms with Crippen molar-refractivity contribution in [2.45, 2.75) is 18.6 Å². The van der Waals surface area contributed by atoms with Crippen LogP contribution in [0, 0.1) is 6.92 Å². The first kappa shape index (κ1) is 20.7. The van der Waals surface area contributed by atoms with E-state index in [1.807, 2.05) is 49.4 Å². The highest BCUT2D eigenvalue weighted by atomic mass is 32.2. The molecule has 0 N–H and O–H groups in total. The second-order valence-corrected chi connectivity index (χ2v) is 7.34. The minimum Gasteiger partial charge on any atom is -0.496 e. The average Bonchev–Trinajstić information content (AvgIpc) is 3.20. The zero-order valence-electron chi connectivity index (χ0n) is 16.8. The van der Waals surface area contributed by atoms with Crippen molar-refractivity contribution in [2.24, 2.45) is 0 Å². The SMILES string of the molecule is COc1ccccc1CN(C)C(=O)CSc1nnnn1-c1cc(C)ccc1OC. The smallest absolute Gasteiger partial charge is 0.233 e. The molecule has 9 heteroatoms. The van der Waals surface area contributed by atoms with Crippen LogP contribution in [0.4, 0.5) is 0 Å². The number of para-hydroxylation sites is 1. The fraction of sp³-hybridized carbons (Fsp3) is 0.300. The molecular weight excluding hydrogens is 390 g/mol. The third-order valence-electron chi connectivity index (χ3n) is 4.35. The molecule has 0 saturated carbocycles. The molecule has 0 radical (unpaired) electrons. The van der Waals surface area contributed by atoms with E-state index in [1.165, 1.54) is 11.8 Å². The fourth-order valence-electron chi connectivity index (χ4n) is 2.80. The highest BCUT2D eigenvalue weighted by Gasteiger charge is 2.17. The Hall–Kier alpha value is -3.07. The summed E-state index contributed by atoms with van der Waals surface area (Å²) in [7, 11) is 4.99. The number of ether oxygens (including phenoxy) is 2. The fourth-order valence-corrected chi connectivity index (χ4v) is 3.62. The molecule has 3 aromatic rings. The summed E-state index contributed by atoms with van der Waals surface area (Å²) in [6.45, 7) is 2.44. The summed E-state index contributed by atoms with van der Waals surface area (Å²) in [5, 5.41) is 12.4. The summed E-state index contributed by atoms with van der Waals surface area (Å²) in [5.74, 6) is 1.59. The first-order chi connectivity index (χ1) is 14.0. The number of aromatic nitrogens is 4. The minimum absolute atomic E-state index is 0.0355. The summed E-state index contributed by atoms with van der Waals surface area (Å²) in [6.07, 6.45) is 0. The number of methoxy groups -OCH3 is 2. The Bertz CT molecular complexity index is 992. The maximum absolute atomic E-state index is 12.6. The maximum atomic E-state index is 12.6. The number of thioether (sulfide) groups is 1. The number of carbonyl (C=O) groups is 1. The van der Waals surface area contributed by atoms with Crippen molar-refractivity contribution >= 4 is 17.7 Å². The van der Waals surface area contributed by atoms with Crippen LogP contribution in [0.2, 0.25) is 0 Å². The number of rotatable bonds is 8. The van der Waals surface area contributed by atoms with Gasteiger partial charge in [0.15, 0.2) is 0 Å². The molecule has 0 atom stereocenters. The Balaban J connectivity index is 1.69. The third-order valence-corrected chi connectivity index (χ3v) is 5.26. The number of nitrogens with zero attached hydrogens (tertiary/aromatic N) is 5. The molecule has 1 heterocycles. The van der Waals surface area contributed by atoms with Crippen LogP contribution in [-0.2, 0) is 11.3 Å². The van der Waals surface area contributed by atoms with Crippen molar-refractivity contribution in [1.29, 1.82) is 0 Å². The van der Waals surface area contributed by atoms with Crippen molar-refractivity contribution < 1.29 is 14.3 Å². The van der Waals surface area contributed by atoms with Crippen molar-refractivity contribution in [2.75, 3.05) is 27.0 Å². The van der Waals surface area contributed by atoms with Gasteiger partial charge >= 0.3 is 0 Å². The van der Waals surface area contributed by atoms with Gasteiger partial charge in [0.25, 0.3) is 0 Å². The third kappa shape index (κ3) is 4.86. The van der Waals surface area contributed by atoms with Crippen LogP contribution < -0.4 is 9.47 Å². The maximum Gasteiger partial charge on any atom is 0.233 e. The van der Waals surface area contributed by atoms with Crippen LogP contribution >= 0.6 is 11.8 Å². The molecule has 8 nitrogen and oxygen atoms in total. The molecule has 0 spiro atoms. The lowest BCUT2D eigenvalue weighted by molar-refractivity contribution is -0.127. The first-order valence-corrected chi connectivity index (χ1v) is 9.94. The van der Waals surface area contributed by atoms with Gasteiger partial charge in [0.1, 0.15) is 17.2 Å². The summed E-state index contributed by atoms with van der Waals surface area (Å²) >= 11 is 1.28. The standard InChI is InChI=1S/C20H23N5O3S/c1-14-9-10-18(28-4)16(11-14)25-20(21-22-23-25)29-13-19(26)24(2)12-15-7-5-6-8-17(15)27-3/h5-11H,12-13H2,1-4H3. The number of hydrogen-bond donors (Lipinski definition) is 0. The molecule has 3 rings (SSSR count). The van der Waals surface area contributed by atoms with Crippen LogP contribution in [0.25, 0.3) is 5.69 Å². The van der Waals surface area contributed by atoms with Gasteiger partial charge in [-0.2, -0.15) is 4.68 Å². The van der Waals surface area contributed by atoms with Gasteiger partial charge < -0.3 is 14.4 Å². The normalized spacial score (nSPS) is 10.6. The van der Waals surface area contributed by atoms with Crippen LogP contribution in [-0.4, -0.2) is 58.0 Å². The molecule has 0 fully saturated rings. The predicted molar refractivity (Wildman–Crippen MR) is 111 cm³/mol. The van der Waals surface area contributed by atoms with Gasteiger partial charge in [0, 0.05) is 19.2 Å². The van der Waals surface area contributed by atoms with E-state index in [-0.39, 0.29) is 11.7 Å². The largest absolute Gasteiger partial charge is 0.496 e. The van der Waals surface area contributed by atoms with Crippen LogP contribution in [0.5, 0.6) is 11.5 Å². The first-order valence-electron chi connectivity index (χ1n) is 8.95. The Morgan fingerprint density at radius 3 is 2.66 bits per heavy atom. The lowest BCUT2D eigenvalue weighted by Crippen LogP contribution is -2.28. The van der Waals surface area contributed by atoms with E-state index >= 15 is 0 Å². The topological polar surface area (TPSA) is 82.4 Å². The molecule has 29 heavy (non-hydrogen) atoms. The molecule has 0 unspecified atom stereocenters. The predicted octanol–water partition coefficient (Wildman–Crippen LogP) is 2.74. The molecule has 0 bridgehead atoms. The van der Waals surface area contributed by atoms with Crippen LogP contribution in [0.1, 0.15) is 11.1 Å². The molecule has 152 valence electrons. The lowest BCUT2D eigenvalue weighted by Gasteiger charge is -2.18. The van der Waals surface area contributed by atoms with Gasteiger partial charge in [-0.1, -0.05) is 36.0 Å². The number of tetrazole rings is 1. The van der Waals surface area contributed by atoms with Gasteiger partial charge in [-0.3, -0.25) is 4.79 Å². The monoisotopic (exact) mass is 413 g/mol. The van der Waals surface area contributed by atoms with Gasteiger partial charge in [0.2, 0.25) is 11.1 Å². The van der Waals surface area contributed by atoms with E-state index in [9.17, 15) is 4.79 Å². The Morgan fingerprint density at radius 2 is 1.90 bits per heavy atom. The summed E-state index contributed by atoms with van der Waals surface area (Å²) in [4.78, 5) is 14.3. The minimum atomic E-state index is -0.0355. The van der Waals surface area contributed by atoms with Gasteiger partial charge in [-0.15, -0.1) is 5.10 Å². The number of amides is 1. The van der Waals surface area contributed by atoms with Crippen molar-refractivity contribution in [3.05, 3.63) is 53.6 Å². The van der Waals surface area contributed by atoms with Gasteiger partial charge in [0.05, 0.1) is 20.0 Å². The van der Waals surface area contributed by atoms with E-state index in [0.717, 1.165) is 22.6 Å². The number of aryl methyl sites for hydroxylation is 1. The summed E-state index contributed by atoms with van der Waals surface area (Å²) in [5.41, 5.74) is 2.74. The molecule has 0 aliphatic heterocycles. The zero-order valence-corrected chi connectivity index (χ0v) is 17.6. The molecular formula is C20H23N5O3S. The highest BCUT2D eigenvalue weighted by molar-refractivity contribution is 7.99. The average molecular weight is 414 g/mol. The van der Waals surface area contributed by atoms with E-state index in [2.05, 4.69) is 15.5 Å².